The lowest BCUT2D eigenvalue weighted by molar-refractivity contribution is -0.249. The monoisotopic (exact) mass is 634 g/mol. The van der Waals surface area contributed by atoms with Gasteiger partial charge in [0.1, 0.15) is 11.9 Å². The summed E-state index contributed by atoms with van der Waals surface area (Å²) in [6.07, 6.45) is 9.93. The Balaban J connectivity index is 1.32. The summed E-state index contributed by atoms with van der Waals surface area (Å²) in [5.41, 5.74) is 0.0232. The van der Waals surface area contributed by atoms with Gasteiger partial charge in [0.05, 0.1) is 18.1 Å². The van der Waals surface area contributed by atoms with Crippen LogP contribution in [0.5, 0.6) is 5.75 Å². The molecule has 4 fully saturated rings. The van der Waals surface area contributed by atoms with Crippen LogP contribution >= 0.6 is 0 Å². The van der Waals surface area contributed by atoms with Crippen LogP contribution in [0, 0.1) is 56.7 Å². The van der Waals surface area contributed by atoms with E-state index in [0.29, 0.717) is 24.7 Å². The van der Waals surface area contributed by atoms with E-state index in [0.717, 1.165) is 44.1 Å². The number of hydrogen-bond acceptors (Lipinski definition) is 6. The van der Waals surface area contributed by atoms with E-state index in [9.17, 15) is 30.0 Å². The van der Waals surface area contributed by atoms with Gasteiger partial charge in [0.25, 0.3) is 0 Å². The Bertz CT molecular complexity index is 1430. The molecule has 4 saturated carbocycles. The number of hydrogen-bond donors (Lipinski definition) is 4. The first kappa shape index (κ1) is 33.3. The van der Waals surface area contributed by atoms with Gasteiger partial charge in [-0.2, -0.15) is 0 Å². The number of carbonyl (C=O) groups excluding carboxylic acids is 1. The average Bonchev–Trinajstić information content (AvgIpc) is 3.00. The van der Waals surface area contributed by atoms with E-state index < -0.39 is 35.0 Å². The number of phenolic OH excluding ortho intramolecular Hbond substituents is 1. The van der Waals surface area contributed by atoms with E-state index in [1.165, 1.54) is 11.6 Å². The number of carboxylic acids is 1. The molecule has 0 saturated heterocycles. The molecule has 0 aromatic heterocycles. The molecule has 7 heteroatoms. The van der Waals surface area contributed by atoms with Crippen molar-refractivity contribution in [1.82, 2.24) is 0 Å². The molecule has 0 aliphatic heterocycles. The number of phenols is 1. The van der Waals surface area contributed by atoms with E-state index >= 15 is 0 Å². The first-order chi connectivity index (χ1) is 21.6. The van der Waals surface area contributed by atoms with Gasteiger partial charge in [0, 0.05) is 11.5 Å². The van der Waals surface area contributed by atoms with Gasteiger partial charge in [-0.05, 0) is 121 Å². The van der Waals surface area contributed by atoms with Crippen LogP contribution in [0.25, 0.3) is 6.08 Å². The van der Waals surface area contributed by atoms with Crippen molar-refractivity contribution in [3.63, 3.8) is 0 Å². The van der Waals surface area contributed by atoms with Crippen molar-refractivity contribution < 1.29 is 34.8 Å². The van der Waals surface area contributed by atoms with Crippen LogP contribution < -0.4 is 0 Å². The molecule has 5 aliphatic rings. The number of esters is 1. The van der Waals surface area contributed by atoms with E-state index in [-0.39, 0.29) is 46.4 Å². The Labute approximate surface area is 274 Å². The Morgan fingerprint density at radius 3 is 2.33 bits per heavy atom. The van der Waals surface area contributed by atoms with Gasteiger partial charge in [0.2, 0.25) is 0 Å². The van der Waals surface area contributed by atoms with Gasteiger partial charge in [-0.25, -0.2) is 4.79 Å². The van der Waals surface area contributed by atoms with Crippen molar-refractivity contribution in [2.75, 3.05) is 6.61 Å². The molecule has 0 spiro atoms. The lowest BCUT2D eigenvalue weighted by atomic mass is 9.33. The molecular weight excluding hydrogens is 580 g/mol. The zero-order valence-electron chi connectivity index (χ0n) is 28.5. The number of aliphatic carboxylic acids is 1. The average molecular weight is 635 g/mol. The zero-order valence-corrected chi connectivity index (χ0v) is 28.5. The normalized spacial score (nSPS) is 46.7. The van der Waals surface area contributed by atoms with Crippen molar-refractivity contribution in [2.24, 2.45) is 56.7 Å². The minimum atomic E-state index is -0.935. The summed E-state index contributed by atoms with van der Waals surface area (Å²) in [6, 6.07) is 6.49. The fraction of sp³-hybridized carbons (Fsp3) is 0.692. The lowest BCUT2D eigenvalue weighted by Crippen LogP contribution is -2.68. The Kier molecular flexibility index (Phi) is 8.12. The maximum absolute atomic E-state index is 13.1. The van der Waals surface area contributed by atoms with Gasteiger partial charge in [-0.3, -0.25) is 4.79 Å². The maximum Gasteiger partial charge on any atom is 0.331 e. The van der Waals surface area contributed by atoms with Gasteiger partial charge >= 0.3 is 11.9 Å². The third kappa shape index (κ3) is 4.57. The number of carbonyl (C=O) groups is 2. The molecule has 0 radical (unpaired) electrons. The third-order valence-electron chi connectivity index (χ3n) is 15.0. The highest BCUT2D eigenvalue weighted by molar-refractivity contribution is 5.87. The highest BCUT2D eigenvalue weighted by Gasteiger charge is 2.71. The highest BCUT2D eigenvalue weighted by Crippen LogP contribution is 2.75. The third-order valence-corrected chi connectivity index (χ3v) is 15.0. The predicted molar refractivity (Wildman–Crippen MR) is 176 cm³/mol. The summed E-state index contributed by atoms with van der Waals surface area (Å²) < 4.78 is 5.98. The molecule has 1 aromatic carbocycles. The van der Waals surface area contributed by atoms with Gasteiger partial charge in [0.15, 0.2) is 0 Å². The van der Waals surface area contributed by atoms with Crippen LogP contribution in [0.2, 0.25) is 0 Å². The van der Waals surface area contributed by atoms with Crippen molar-refractivity contribution in [2.45, 2.75) is 105 Å². The summed E-state index contributed by atoms with van der Waals surface area (Å²) >= 11 is 0. The summed E-state index contributed by atoms with van der Waals surface area (Å²) in [4.78, 5) is 26.0. The van der Waals surface area contributed by atoms with Crippen molar-refractivity contribution in [1.29, 1.82) is 0 Å². The van der Waals surface area contributed by atoms with Crippen molar-refractivity contribution in [3.8, 4) is 5.75 Å². The van der Waals surface area contributed by atoms with Crippen molar-refractivity contribution in [3.05, 3.63) is 47.6 Å². The number of ether oxygens (including phenoxy) is 1. The molecule has 0 bridgehead atoms. The number of fused-ring (bicyclic) bond motifs is 7. The van der Waals surface area contributed by atoms with E-state index in [1.54, 1.807) is 30.3 Å². The lowest BCUT2D eigenvalue weighted by Gasteiger charge is -2.71. The molecule has 12 atom stereocenters. The second-order valence-electron chi connectivity index (χ2n) is 16.8. The van der Waals surface area contributed by atoms with E-state index in [2.05, 4.69) is 40.7 Å². The number of allylic oxidation sites excluding steroid dienone is 2. The van der Waals surface area contributed by atoms with Crippen LogP contribution in [-0.2, 0) is 14.3 Å². The molecule has 0 amide bonds. The summed E-state index contributed by atoms with van der Waals surface area (Å²) in [5.74, 6) is 0.0165. The number of rotatable bonds is 5. The first-order valence-corrected chi connectivity index (χ1v) is 17.5. The van der Waals surface area contributed by atoms with E-state index in [1.807, 2.05) is 6.92 Å². The molecule has 1 aromatic rings. The van der Waals surface area contributed by atoms with Gasteiger partial charge < -0.3 is 25.2 Å². The fourth-order valence-electron chi connectivity index (χ4n) is 12.1. The van der Waals surface area contributed by atoms with Crippen molar-refractivity contribution >= 4 is 18.0 Å². The van der Waals surface area contributed by atoms with Crippen LogP contribution in [0.4, 0.5) is 0 Å². The molecule has 252 valence electrons. The van der Waals surface area contributed by atoms with E-state index in [4.69, 9.17) is 4.74 Å². The first-order valence-electron chi connectivity index (χ1n) is 17.5. The predicted octanol–water partition coefficient (Wildman–Crippen LogP) is 7.00. The van der Waals surface area contributed by atoms with Crippen LogP contribution in [0.3, 0.4) is 0 Å². The molecule has 7 nitrogen and oxygen atoms in total. The van der Waals surface area contributed by atoms with Crippen LogP contribution in [-0.4, -0.2) is 51.2 Å². The Hall–Kier alpha value is -2.64. The highest BCUT2D eigenvalue weighted by atomic mass is 16.6. The zero-order chi connectivity index (χ0) is 33.4. The van der Waals surface area contributed by atoms with Crippen LogP contribution in [0.15, 0.2) is 42.0 Å². The van der Waals surface area contributed by atoms with Gasteiger partial charge in [-0.15, -0.1) is 0 Å². The standard InChI is InChI=1S/C39H54O7/c1-23-15-18-39(34(44)45)20-19-37(5)27(32(39)24(23)2)12-13-30-35(3)21-28(42)33(36(4,22-40)29(35)16-17-38(30,37)6)46-31(43)14-9-25-7-10-26(41)11-8-25/h7-12,14,23-24,28-30,32-33,40-42H,13,15-22H2,1-6H3,(H,44,45)/b14-9-/t23-,24+,28-,29?,30?,32?,33+,35+,36+,37-,38-,39+/m1/s1. The fourth-order valence-corrected chi connectivity index (χ4v) is 12.1. The number of aliphatic hydroxyl groups excluding tert-OH is 2. The Morgan fingerprint density at radius 2 is 1.67 bits per heavy atom. The number of carboxylic acid groups (broad SMARTS) is 1. The molecule has 5 aliphatic carbocycles. The number of benzene rings is 1. The SMILES string of the molecule is C[C@@H]1CC[C@]2(C(=O)O)CC[C@]3(C)C(=CCC4[C@@]5(C)C[C@@H](O)[C@H](OC(=O)/C=C\c6ccc(O)cc6)[C@@](C)(CO)C5CC[C@]43C)C2[C@H]1C. The quantitative estimate of drug-likeness (QED) is 0.156. The minimum absolute atomic E-state index is 0.0271. The topological polar surface area (TPSA) is 124 Å². The largest absolute Gasteiger partial charge is 0.508 e. The molecule has 6 rings (SSSR count). The van der Waals surface area contributed by atoms with Gasteiger partial charge in [-0.1, -0.05) is 65.3 Å². The minimum Gasteiger partial charge on any atom is -0.508 e. The summed E-state index contributed by atoms with van der Waals surface area (Å²) in [5, 5.41) is 43.0. The molecular formula is C39H54O7. The molecule has 0 heterocycles. The smallest absolute Gasteiger partial charge is 0.331 e. The number of aromatic hydroxyl groups is 1. The molecule has 4 N–H and O–H groups in total. The second kappa shape index (κ2) is 11.2. The Morgan fingerprint density at radius 1 is 0.978 bits per heavy atom. The van der Waals surface area contributed by atoms with Crippen LogP contribution in [0.1, 0.15) is 98.5 Å². The molecule has 3 unspecified atom stereocenters. The second-order valence-corrected chi connectivity index (χ2v) is 16.8. The summed E-state index contributed by atoms with van der Waals surface area (Å²) in [6.45, 7) is 13.5. The summed E-state index contributed by atoms with van der Waals surface area (Å²) in [7, 11) is 0. The molecule has 46 heavy (non-hydrogen) atoms. The number of aliphatic hydroxyl groups is 2. The maximum atomic E-state index is 13.1.